The summed E-state index contributed by atoms with van der Waals surface area (Å²) in [6.07, 6.45) is 0. The fourth-order valence-corrected chi connectivity index (χ4v) is 2.40. The summed E-state index contributed by atoms with van der Waals surface area (Å²) in [5.74, 6) is -0.286. The molecule has 1 aromatic rings. The molecule has 5 nitrogen and oxygen atoms in total. The Morgan fingerprint density at radius 3 is 2.70 bits per heavy atom. The van der Waals surface area contributed by atoms with Crippen LogP contribution in [0.1, 0.15) is 10.5 Å². The molecule has 0 radical (unpaired) electrons. The first-order valence-corrected chi connectivity index (χ1v) is 7.33. The lowest BCUT2D eigenvalue weighted by atomic mass is 10.3. The number of piperazine rings is 1. The summed E-state index contributed by atoms with van der Waals surface area (Å²) in [7, 11) is 2.12. The highest BCUT2D eigenvalue weighted by Crippen LogP contribution is 2.16. The third-order valence-electron chi connectivity index (χ3n) is 3.34. The Labute approximate surface area is 128 Å². The van der Waals surface area contributed by atoms with Crippen LogP contribution in [0.15, 0.2) is 12.1 Å². The number of nitrogens with zero attached hydrogens (tertiary/aromatic N) is 3. The number of pyridine rings is 1. The summed E-state index contributed by atoms with van der Waals surface area (Å²) in [6.45, 7) is 5.60. The van der Waals surface area contributed by atoms with Crippen molar-refractivity contribution in [1.82, 2.24) is 20.1 Å². The third kappa shape index (κ3) is 4.31. The lowest BCUT2D eigenvalue weighted by molar-refractivity contribution is 0.0936. The van der Waals surface area contributed by atoms with E-state index < -0.39 is 0 Å². The van der Waals surface area contributed by atoms with Crippen LogP contribution in [0.25, 0.3) is 0 Å². The van der Waals surface area contributed by atoms with Gasteiger partial charge in [0, 0.05) is 39.3 Å². The molecule has 1 aliphatic rings. The third-order valence-corrected chi connectivity index (χ3v) is 3.85. The largest absolute Gasteiger partial charge is 0.349 e. The van der Waals surface area contributed by atoms with E-state index in [4.69, 9.17) is 23.2 Å². The van der Waals surface area contributed by atoms with Crippen molar-refractivity contribution in [3.8, 4) is 0 Å². The minimum Gasteiger partial charge on any atom is -0.349 e. The highest BCUT2D eigenvalue weighted by atomic mass is 35.5. The van der Waals surface area contributed by atoms with E-state index in [1.165, 1.54) is 0 Å². The zero-order valence-electron chi connectivity index (χ0n) is 11.4. The number of carbonyl (C=O) groups excluding carboxylic acids is 1. The van der Waals surface area contributed by atoms with E-state index in [0.29, 0.717) is 11.6 Å². The normalized spacial score (nSPS) is 17.1. The first kappa shape index (κ1) is 15.5. The van der Waals surface area contributed by atoms with Gasteiger partial charge in [0.05, 0.1) is 5.02 Å². The molecule has 1 aliphatic heterocycles. The Hall–Kier alpha value is -0.880. The van der Waals surface area contributed by atoms with E-state index in [2.05, 4.69) is 27.1 Å². The molecule has 0 aromatic carbocycles. The Kier molecular flexibility index (Phi) is 5.60. The smallest absolute Gasteiger partial charge is 0.271 e. The first-order valence-electron chi connectivity index (χ1n) is 6.57. The van der Waals surface area contributed by atoms with E-state index in [0.717, 1.165) is 32.7 Å². The van der Waals surface area contributed by atoms with E-state index in [-0.39, 0.29) is 16.8 Å². The van der Waals surface area contributed by atoms with Gasteiger partial charge in [-0.15, -0.1) is 0 Å². The van der Waals surface area contributed by atoms with Crippen LogP contribution in [0.5, 0.6) is 0 Å². The molecule has 2 heterocycles. The average molecular weight is 317 g/mol. The highest BCUT2D eigenvalue weighted by Gasteiger charge is 2.15. The second-order valence-corrected chi connectivity index (χ2v) is 5.66. The minimum atomic E-state index is -0.286. The van der Waals surface area contributed by atoms with Crippen molar-refractivity contribution >= 4 is 29.1 Å². The summed E-state index contributed by atoms with van der Waals surface area (Å²) >= 11 is 11.7. The molecule has 0 saturated carbocycles. The quantitative estimate of drug-likeness (QED) is 0.852. The molecular weight excluding hydrogens is 299 g/mol. The van der Waals surface area contributed by atoms with Crippen LogP contribution in [0.4, 0.5) is 0 Å². The number of aromatic nitrogens is 1. The zero-order chi connectivity index (χ0) is 14.5. The molecule has 1 fully saturated rings. The Bertz CT molecular complexity index is 475. The van der Waals surface area contributed by atoms with Gasteiger partial charge in [-0.2, -0.15) is 0 Å². The molecule has 20 heavy (non-hydrogen) atoms. The van der Waals surface area contributed by atoms with E-state index >= 15 is 0 Å². The molecule has 0 bridgehead atoms. The van der Waals surface area contributed by atoms with Crippen molar-refractivity contribution in [2.75, 3.05) is 46.3 Å². The van der Waals surface area contributed by atoms with Crippen LogP contribution in [0.3, 0.4) is 0 Å². The van der Waals surface area contributed by atoms with Crippen molar-refractivity contribution in [3.63, 3.8) is 0 Å². The fraction of sp³-hybridized carbons (Fsp3) is 0.538. The summed E-state index contributed by atoms with van der Waals surface area (Å²) < 4.78 is 0. The van der Waals surface area contributed by atoms with Crippen molar-refractivity contribution in [3.05, 3.63) is 28.0 Å². The van der Waals surface area contributed by atoms with Gasteiger partial charge in [-0.3, -0.25) is 9.69 Å². The molecule has 0 unspecified atom stereocenters. The summed E-state index contributed by atoms with van der Waals surface area (Å²) in [4.78, 5) is 20.5. The number of hydrogen-bond donors (Lipinski definition) is 1. The van der Waals surface area contributed by atoms with Gasteiger partial charge < -0.3 is 10.2 Å². The molecular formula is C13H18Cl2N4O. The van der Waals surface area contributed by atoms with Gasteiger partial charge in [-0.05, 0) is 19.2 Å². The van der Waals surface area contributed by atoms with Crippen LogP contribution < -0.4 is 5.32 Å². The van der Waals surface area contributed by atoms with Gasteiger partial charge in [0.2, 0.25) is 0 Å². The maximum Gasteiger partial charge on any atom is 0.271 e. The number of amides is 1. The van der Waals surface area contributed by atoms with Crippen LogP contribution >= 0.6 is 23.2 Å². The summed E-state index contributed by atoms with van der Waals surface area (Å²) in [5.41, 5.74) is 0.178. The fourth-order valence-electron chi connectivity index (χ4n) is 2.06. The van der Waals surface area contributed by atoms with Gasteiger partial charge in [0.25, 0.3) is 5.91 Å². The Morgan fingerprint density at radius 1 is 1.30 bits per heavy atom. The molecule has 1 amide bonds. The topological polar surface area (TPSA) is 48.5 Å². The molecule has 1 aromatic heterocycles. The first-order chi connectivity index (χ1) is 9.56. The van der Waals surface area contributed by atoms with E-state index in [9.17, 15) is 4.79 Å². The molecule has 7 heteroatoms. The number of rotatable bonds is 4. The molecule has 2 rings (SSSR count). The van der Waals surface area contributed by atoms with Crippen LogP contribution in [0.2, 0.25) is 10.2 Å². The van der Waals surface area contributed by atoms with Gasteiger partial charge in [-0.25, -0.2) is 4.98 Å². The van der Waals surface area contributed by atoms with Crippen molar-refractivity contribution < 1.29 is 4.79 Å². The SMILES string of the molecule is CN1CCN(CCNC(=O)c2nc(Cl)ccc2Cl)CC1. The van der Waals surface area contributed by atoms with Gasteiger partial charge in [0.15, 0.2) is 0 Å². The lowest BCUT2D eigenvalue weighted by Gasteiger charge is -2.32. The summed E-state index contributed by atoms with van der Waals surface area (Å²) in [5, 5.41) is 3.40. The lowest BCUT2D eigenvalue weighted by Crippen LogP contribution is -2.47. The van der Waals surface area contributed by atoms with Gasteiger partial charge >= 0.3 is 0 Å². The molecule has 110 valence electrons. The molecule has 0 atom stereocenters. The molecule has 0 aliphatic carbocycles. The van der Waals surface area contributed by atoms with Crippen LogP contribution in [-0.2, 0) is 0 Å². The predicted octanol–water partition coefficient (Wildman–Crippen LogP) is 1.37. The van der Waals surface area contributed by atoms with E-state index in [1.54, 1.807) is 12.1 Å². The second kappa shape index (κ2) is 7.22. The maximum absolute atomic E-state index is 12.0. The second-order valence-electron chi connectivity index (χ2n) is 4.87. The maximum atomic E-state index is 12.0. The van der Waals surface area contributed by atoms with Gasteiger partial charge in [-0.1, -0.05) is 23.2 Å². The van der Waals surface area contributed by atoms with Crippen molar-refractivity contribution in [1.29, 1.82) is 0 Å². The number of carbonyl (C=O) groups is 1. The standard InChI is InChI=1S/C13H18Cl2N4O/c1-18-6-8-19(9-7-18)5-4-16-13(20)12-10(14)2-3-11(15)17-12/h2-3H,4-9H2,1H3,(H,16,20). The number of hydrogen-bond acceptors (Lipinski definition) is 4. The average Bonchev–Trinajstić information content (AvgIpc) is 2.43. The van der Waals surface area contributed by atoms with Crippen molar-refractivity contribution in [2.45, 2.75) is 0 Å². The van der Waals surface area contributed by atoms with Crippen molar-refractivity contribution in [2.24, 2.45) is 0 Å². The summed E-state index contributed by atoms with van der Waals surface area (Å²) in [6, 6.07) is 3.14. The number of halogens is 2. The molecule has 1 N–H and O–H groups in total. The molecule has 0 spiro atoms. The minimum absolute atomic E-state index is 0.178. The zero-order valence-corrected chi connectivity index (χ0v) is 12.9. The van der Waals surface area contributed by atoms with Crippen LogP contribution in [0, 0.1) is 0 Å². The Balaban J connectivity index is 1.79. The van der Waals surface area contributed by atoms with Crippen LogP contribution in [-0.4, -0.2) is 67.0 Å². The van der Waals surface area contributed by atoms with E-state index in [1.807, 2.05) is 0 Å². The Morgan fingerprint density at radius 2 is 2.00 bits per heavy atom. The van der Waals surface area contributed by atoms with Gasteiger partial charge in [0.1, 0.15) is 10.8 Å². The monoisotopic (exact) mass is 316 g/mol. The molecule has 1 saturated heterocycles. The number of nitrogens with one attached hydrogen (secondary N) is 1. The number of likely N-dealkylation sites (N-methyl/N-ethyl adjacent to an activating group) is 1. The predicted molar refractivity (Wildman–Crippen MR) is 80.5 cm³/mol. The highest BCUT2D eigenvalue weighted by molar-refractivity contribution is 6.34.